The largest absolute Gasteiger partial charge is 0.345 e. The minimum absolute atomic E-state index is 0.487. The molecule has 0 saturated heterocycles. The van der Waals surface area contributed by atoms with E-state index in [1.165, 1.54) is 15.7 Å². The summed E-state index contributed by atoms with van der Waals surface area (Å²) in [7, 11) is 2.00. The van der Waals surface area contributed by atoms with Crippen LogP contribution in [0.2, 0.25) is 0 Å². The number of hydrogen-bond donors (Lipinski definition) is 1. The van der Waals surface area contributed by atoms with Crippen LogP contribution in [0.25, 0.3) is 0 Å². The Hall–Kier alpha value is -0.610. The van der Waals surface area contributed by atoms with Crippen molar-refractivity contribution in [2.75, 3.05) is 18.5 Å². The molecule has 1 aromatic heterocycles. The molecule has 4 heteroatoms. The first kappa shape index (κ1) is 16.4. The first-order chi connectivity index (χ1) is 8.86. The average molecular weight is 283 g/mol. The molecule has 0 saturated carbocycles. The van der Waals surface area contributed by atoms with Gasteiger partial charge in [0.1, 0.15) is 0 Å². The summed E-state index contributed by atoms with van der Waals surface area (Å²) in [6, 6.07) is 0.496. The van der Waals surface area contributed by atoms with Crippen LogP contribution in [0.5, 0.6) is 0 Å². The number of thiazole rings is 1. The average Bonchev–Trinajstić information content (AvgIpc) is 2.69. The van der Waals surface area contributed by atoms with Gasteiger partial charge in [0, 0.05) is 24.0 Å². The molecule has 0 spiro atoms. The maximum Gasteiger partial charge on any atom is 0.186 e. The third-order valence-corrected chi connectivity index (χ3v) is 4.14. The van der Waals surface area contributed by atoms with E-state index in [4.69, 9.17) is 4.98 Å². The molecule has 0 bridgehead atoms. The summed E-state index contributed by atoms with van der Waals surface area (Å²) in [6.45, 7) is 15.5. The van der Waals surface area contributed by atoms with Crippen LogP contribution in [0, 0.1) is 5.92 Å². The quantitative estimate of drug-likeness (QED) is 0.823. The lowest BCUT2D eigenvalue weighted by molar-refractivity contribution is 0.569. The lowest BCUT2D eigenvalue weighted by Crippen LogP contribution is -2.34. The highest BCUT2D eigenvalue weighted by atomic mass is 32.1. The summed E-state index contributed by atoms with van der Waals surface area (Å²) < 4.78 is 0. The second-order valence-electron chi connectivity index (χ2n) is 6.13. The topological polar surface area (TPSA) is 28.2 Å². The van der Waals surface area contributed by atoms with Crippen LogP contribution in [0.4, 0.5) is 5.13 Å². The molecule has 3 nitrogen and oxygen atoms in total. The number of nitrogens with zero attached hydrogens (tertiary/aromatic N) is 2. The smallest absolute Gasteiger partial charge is 0.186 e. The number of rotatable bonds is 7. The van der Waals surface area contributed by atoms with E-state index in [0.717, 1.165) is 13.1 Å². The lowest BCUT2D eigenvalue weighted by atomic mass is 10.1. The number of nitrogens with one attached hydrogen (secondary N) is 1. The summed E-state index contributed by atoms with van der Waals surface area (Å²) in [5.41, 5.74) is 1.25. The van der Waals surface area contributed by atoms with Crippen LogP contribution >= 0.6 is 11.3 Å². The van der Waals surface area contributed by atoms with Crippen molar-refractivity contribution in [3.05, 3.63) is 10.6 Å². The van der Waals surface area contributed by atoms with E-state index in [1.807, 2.05) is 18.4 Å². The number of hydrogen-bond acceptors (Lipinski definition) is 4. The van der Waals surface area contributed by atoms with Crippen LogP contribution in [-0.4, -0.2) is 24.6 Å². The fourth-order valence-corrected chi connectivity index (χ4v) is 3.48. The molecule has 1 heterocycles. The highest BCUT2D eigenvalue weighted by molar-refractivity contribution is 7.15. The zero-order valence-corrected chi connectivity index (χ0v) is 14.3. The molecule has 1 aromatic rings. The summed E-state index contributed by atoms with van der Waals surface area (Å²) >= 11 is 1.84. The van der Waals surface area contributed by atoms with Crippen molar-refractivity contribution in [3.8, 4) is 0 Å². The molecule has 0 aliphatic heterocycles. The van der Waals surface area contributed by atoms with Gasteiger partial charge in [-0.15, -0.1) is 11.3 Å². The molecule has 0 atom stereocenters. The zero-order valence-electron chi connectivity index (χ0n) is 13.4. The third-order valence-electron chi connectivity index (χ3n) is 3.03. The van der Waals surface area contributed by atoms with Gasteiger partial charge in [-0.25, -0.2) is 4.98 Å². The van der Waals surface area contributed by atoms with Gasteiger partial charge in [-0.3, -0.25) is 0 Å². The lowest BCUT2D eigenvalue weighted by Gasteiger charge is -2.27. The third kappa shape index (κ3) is 4.46. The van der Waals surface area contributed by atoms with Crippen LogP contribution in [-0.2, 0) is 6.54 Å². The predicted molar refractivity (Wildman–Crippen MR) is 86.3 cm³/mol. The van der Waals surface area contributed by atoms with Crippen molar-refractivity contribution in [1.82, 2.24) is 10.3 Å². The van der Waals surface area contributed by atoms with Gasteiger partial charge in [-0.1, -0.05) is 27.7 Å². The summed E-state index contributed by atoms with van der Waals surface area (Å²) in [5, 5.41) is 4.43. The van der Waals surface area contributed by atoms with Gasteiger partial charge >= 0.3 is 0 Å². The first-order valence-corrected chi connectivity index (χ1v) is 8.09. The molecule has 1 rings (SSSR count). The van der Waals surface area contributed by atoms with E-state index in [9.17, 15) is 0 Å². The van der Waals surface area contributed by atoms with Crippen molar-refractivity contribution >= 4 is 16.5 Å². The van der Waals surface area contributed by atoms with Crippen LogP contribution in [0.3, 0.4) is 0 Å². The Morgan fingerprint density at radius 2 is 1.79 bits per heavy atom. The van der Waals surface area contributed by atoms with Gasteiger partial charge in [-0.05, 0) is 32.7 Å². The molecule has 0 aliphatic rings. The van der Waals surface area contributed by atoms with Crippen molar-refractivity contribution in [3.63, 3.8) is 0 Å². The Morgan fingerprint density at radius 1 is 1.16 bits per heavy atom. The van der Waals surface area contributed by atoms with E-state index in [0.29, 0.717) is 17.9 Å². The molecule has 0 unspecified atom stereocenters. The van der Waals surface area contributed by atoms with E-state index in [-0.39, 0.29) is 0 Å². The van der Waals surface area contributed by atoms with Gasteiger partial charge in [0.2, 0.25) is 0 Å². The van der Waals surface area contributed by atoms with E-state index in [2.05, 4.69) is 51.8 Å². The van der Waals surface area contributed by atoms with Gasteiger partial charge in [0.15, 0.2) is 5.13 Å². The fourth-order valence-electron chi connectivity index (χ4n) is 2.12. The Bertz CT molecular complexity index is 383. The van der Waals surface area contributed by atoms with E-state index >= 15 is 0 Å². The van der Waals surface area contributed by atoms with Crippen LogP contribution in [0.15, 0.2) is 0 Å². The van der Waals surface area contributed by atoms with Gasteiger partial charge in [0.25, 0.3) is 0 Å². The number of anilines is 1. The maximum absolute atomic E-state index is 4.91. The number of aromatic nitrogens is 1. The summed E-state index contributed by atoms with van der Waals surface area (Å²) in [6.07, 6.45) is 0. The fraction of sp³-hybridized carbons (Fsp3) is 0.800. The normalized spacial score (nSPS) is 11.9. The minimum atomic E-state index is 0.487. The highest BCUT2D eigenvalue weighted by Gasteiger charge is 2.20. The van der Waals surface area contributed by atoms with E-state index in [1.54, 1.807) is 0 Å². The Kier molecular flexibility index (Phi) is 6.27. The first-order valence-electron chi connectivity index (χ1n) is 7.27. The van der Waals surface area contributed by atoms with Crippen molar-refractivity contribution in [1.29, 1.82) is 0 Å². The monoisotopic (exact) mass is 283 g/mol. The zero-order chi connectivity index (χ0) is 14.6. The van der Waals surface area contributed by atoms with Gasteiger partial charge < -0.3 is 10.2 Å². The van der Waals surface area contributed by atoms with Gasteiger partial charge in [-0.2, -0.15) is 0 Å². The molecule has 0 radical (unpaired) electrons. The second-order valence-corrected chi connectivity index (χ2v) is 7.19. The minimum Gasteiger partial charge on any atom is -0.345 e. The predicted octanol–water partition coefficient (Wildman–Crippen LogP) is 3.86. The Balaban J connectivity index is 3.06. The highest BCUT2D eigenvalue weighted by Crippen LogP contribution is 2.32. The molecule has 110 valence electrons. The van der Waals surface area contributed by atoms with Crippen molar-refractivity contribution in [2.45, 2.75) is 60.0 Å². The molecule has 0 aliphatic carbocycles. The summed E-state index contributed by atoms with van der Waals surface area (Å²) in [4.78, 5) is 8.72. The Labute approximate surface area is 122 Å². The molecule has 19 heavy (non-hydrogen) atoms. The van der Waals surface area contributed by atoms with Crippen LogP contribution in [0.1, 0.15) is 58.0 Å². The maximum atomic E-state index is 4.91. The van der Waals surface area contributed by atoms with Crippen LogP contribution < -0.4 is 10.2 Å². The van der Waals surface area contributed by atoms with Crippen molar-refractivity contribution in [2.24, 2.45) is 5.92 Å². The summed E-state index contributed by atoms with van der Waals surface area (Å²) in [5.74, 6) is 1.14. The van der Waals surface area contributed by atoms with Crippen molar-refractivity contribution < 1.29 is 0 Å². The molecular weight excluding hydrogens is 254 g/mol. The molecular formula is C15H29N3S. The standard InChI is InChI=1S/C15H29N3S/c1-10(2)9-18(12(5)6)15-17-14(11(3)4)13(19-15)8-16-7/h10-12,16H,8-9H2,1-7H3. The Morgan fingerprint density at radius 3 is 2.21 bits per heavy atom. The molecule has 0 aromatic carbocycles. The molecule has 0 amide bonds. The SMILES string of the molecule is CNCc1sc(N(CC(C)C)C(C)C)nc1C(C)C. The van der Waals surface area contributed by atoms with Gasteiger partial charge in [0.05, 0.1) is 5.69 Å². The molecule has 0 fully saturated rings. The molecule has 1 N–H and O–H groups in total. The van der Waals surface area contributed by atoms with E-state index < -0.39 is 0 Å². The second kappa shape index (κ2) is 7.25.